The second-order valence-corrected chi connectivity index (χ2v) is 5.53. The number of thiazole rings is 1. The molecule has 1 rings (SSSR count). The topological polar surface area (TPSA) is 42.0 Å². The molecule has 0 aromatic carbocycles. The van der Waals surface area contributed by atoms with Gasteiger partial charge in [-0.15, -0.1) is 0 Å². The van der Waals surface area contributed by atoms with Crippen molar-refractivity contribution in [1.82, 2.24) is 4.98 Å². The average molecular weight is 263 g/mol. The molecule has 3 nitrogen and oxygen atoms in total. The van der Waals surface area contributed by atoms with Gasteiger partial charge >= 0.3 is 0 Å². The summed E-state index contributed by atoms with van der Waals surface area (Å²) in [5, 5.41) is 3.38. The molecule has 0 unspecified atom stereocenters. The van der Waals surface area contributed by atoms with Gasteiger partial charge in [-0.25, -0.2) is 4.98 Å². The Bertz CT molecular complexity index is 298. The third-order valence-corrected chi connectivity index (χ3v) is 2.71. The van der Waals surface area contributed by atoms with Gasteiger partial charge in [0, 0.05) is 6.42 Å². The molecule has 13 heavy (non-hydrogen) atoms. The molecule has 0 saturated carbocycles. The number of nitrogens with one attached hydrogen (secondary N) is 1. The maximum absolute atomic E-state index is 11.3. The minimum Gasteiger partial charge on any atom is -0.302 e. The van der Waals surface area contributed by atoms with Crippen LogP contribution in [0.3, 0.4) is 0 Å². The van der Waals surface area contributed by atoms with Crippen molar-refractivity contribution in [1.29, 1.82) is 0 Å². The van der Waals surface area contributed by atoms with Gasteiger partial charge in [0.05, 0.1) is 9.98 Å². The lowest BCUT2D eigenvalue weighted by molar-refractivity contribution is -0.116. The van der Waals surface area contributed by atoms with E-state index in [1.165, 1.54) is 11.3 Å². The highest BCUT2D eigenvalue weighted by molar-refractivity contribution is 9.11. The summed E-state index contributed by atoms with van der Waals surface area (Å²) >= 11 is 4.69. The molecule has 72 valence electrons. The number of anilines is 1. The lowest BCUT2D eigenvalue weighted by Crippen LogP contribution is -2.13. The van der Waals surface area contributed by atoms with Crippen LogP contribution < -0.4 is 5.32 Å². The highest BCUT2D eigenvalue weighted by Gasteiger charge is 2.07. The second-order valence-electron chi connectivity index (χ2n) is 3.12. The van der Waals surface area contributed by atoms with Crippen LogP contribution in [-0.2, 0) is 4.79 Å². The largest absolute Gasteiger partial charge is 0.302 e. The number of aromatic nitrogens is 1. The van der Waals surface area contributed by atoms with E-state index in [1.807, 2.05) is 13.8 Å². The third kappa shape index (κ3) is 3.87. The summed E-state index contributed by atoms with van der Waals surface area (Å²) in [7, 11) is 0. The molecule has 1 heterocycles. The lowest BCUT2D eigenvalue weighted by atomic mass is 10.1. The first-order valence-corrected chi connectivity index (χ1v) is 5.60. The van der Waals surface area contributed by atoms with E-state index in [0.29, 0.717) is 17.5 Å². The fourth-order valence-corrected chi connectivity index (χ4v) is 1.98. The van der Waals surface area contributed by atoms with Gasteiger partial charge < -0.3 is 5.32 Å². The molecule has 5 heteroatoms. The van der Waals surface area contributed by atoms with Crippen molar-refractivity contribution in [3.63, 3.8) is 0 Å². The van der Waals surface area contributed by atoms with Crippen LogP contribution in [0.25, 0.3) is 0 Å². The summed E-state index contributed by atoms with van der Waals surface area (Å²) in [6.45, 7) is 4.02. The molecule has 1 N–H and O–H groups in total. The summed E-state index contributed by atoms with van der Waals surface area (Å²) in [5.41, 5.74) is 0. The zero-order chi connectivity index (χ0) is 9.84. The van der Waals surface area contributed by atoms with Crippen molar-refractivity contribution in [2.24, 2.45) is 5.92 Å². The zero-order valence-corrected chi connectivity index (χ0v) is 9.91. The van der Waals surface area contributed by atoms with Crippen LogP contribution in [-0.4, -0.2) is 10.9 Å². The van der Waals surface area contributed by atoms with Crippen molar-refractivity contribution in [3.05, 3.63) is 9.98 Å². The Morgan fingerprint density at radius 2 is 2.46 bits per heavy atom. The predicted octanol–water partition coefficient (Wildman–Crippen LogP) is 2.89. The molecule has 0 aliphatic carbocycles. The highest BCUT2D eigenvalue weighted by Crippen LogP contribution is 2.23. The van der Waals surface area contributed by atoms with Gasteiger partial charge in [-0.2, -0.15) is 0 Å². The Labute approximate surface area is 89.7 Å². The van der Waals surface area contributed by atoms with Crippen LogP contribution in [0, 0.1) is 5.92 Å². The fourth-order valence-electron chi connectivity index (χ4n) is 0.853. The third-order valence-electron chi connectivity index (χ3n) is 1.32. The van der Waals surface area contributed by atoms with Crippen LogP contribution in [0.1, 0.15) is 20.3 Å². The van der Waals surface area contributed by atoms with Crippen molar-refractivity contribution in [2.75, 3.05) is 5.32 Å². The minimum absolute atomic E-state index is 0.0249. The number of hydrogen-bond donors (Lipinski definition) is 1. The number of halogens is 1. The van der Waals surface area contributed by atoms with Crippen LogP contribution in [0.4, 0.5) is 5.13 Å². The summed E-state index contributed by atoms with van der Waals surface area (Å²) < 4.78 is 0.923. The quantitative estimate of drug-likeness (QED) is 0.911. The summed E-state index contributed by atoms with van der Waals surface area (Å²) in [5.74, 6) is 0.403. The van der Waals surface area contributed by atoms with Crippen LogP contribution >= 0.6 is 27.3 Å². The van der Waals surface area contributed by atoms with Crippen molar-refractivity contribution >= 4 is 38.3 Å². The molecule has 0 saturated heterocycles. The normalized spacial score (nSPS) is 10.5. The number of carbonyl (C=O) groups is 1. The summed E-state index contributed by atoms with van der Waals surface area (Å²) in [4.78, 5) is 15.3. The molecule has 1 aromatic heterocycles. The van der Waals surface area contributed by atoms with Gasteiger partial charge in [-0.1, -0.05) is 25.2 Å². The van der Waals surface area contributed by atoms with Crippen molar-refractivity contribution < 1.29 is 4.79 Å². The molecular formula is C8H11BrN2OS. The zero-order valence-electron chi connectivity index (χ0n) is 7.50. The van der Waals surface area contributed by atoms with E-state index >= 15 is 0 Å². The molecule has 0 fully saturated rings. The molecule has 0 aliphatic heterocycles. The smallest absolute Gasteiger partial charge is 0.226 e. The van der Waals surface area contributed by atoms with Gasteiger partial charge in [0.25, 0.3) is 0 Å². The van der Waals surface area contributed by atoms with E-state index in [9.17, 15) is 4.79 Å². The monoisotopic (exact) mass is 262 g/mol. The molecule has 0 bridgehead atoms. The second kappa shape index (κ2) is 4.72. The van der Waals surface area contributed by atoms with Crippen molar-refractivity contribution in [2.45, 2.75) is 20.3 Å². The predicted molar refractivity (Wildman–Crippen MR) is 57.9 cm³/mol. The van der Waals surface area contributed by atoms with Gasteiger partial charge in [-0.3, -0.25) is 4.79 Å². The lowest BCUT2D eigenvalue weighted by Gasteiger charge is -2.03. The average Bonchev–Trinajstić information content (AvgIpc) is 2.33. The van der Waals surface area contributed by atoms with E-state index in [2.05, 4.69) is 26.2 Å². The van der Waals surface area contributed by atoms with Crippen LogP contribution in [0.5, 0.6) is 0 Å². The molecule has 1 aromatic rings. The number of amides is 1. The maximum Gasteiger partial charge on any atom is 0.226 e. The Balaban J connectivity index is 2.45. The summed E-state index contributed by atoms with van der Waals surface area (Å²) in [6, 6.07) is 0. The molecule has 0 spiro atoms. The van der Waals surface area contributed by atoms with E-state index < -0.39 is 0 Å². The first kappa shape index (κ1) is 10.7. The minimum atomic E-state index is 0.0249. The molecule has 0 radical (unpaired) electrons. The van der Waals surface area contributed by atoms with Crippen LogP contribution in [0.15, 0.2) is 9.98 Å². The van der Waals surface area contributed by atoms with Gasteiger partial charge in [0.1, 0.15) is 0 Å². The van der Waals surface area contributed by atoms with Gasteiger partial charge in [0.15, 0.2) is 5.13 Å². The Kier molecular flexibility index (Phi) is 3.87. The Morgan fingerprint density at radius 1 is 1.77 bits per heavy atom. The SMILES string of the molecule is CC(C)CC(=O)Nc1ncc(Br)s1. The summed E-state index contributed by atoms with van der Waals surface area (Å²) in [6.07, 6.45) is 2.22. The van der Waals surface area contributed by atoms with Crippen LogP contribution in [0.2, 0.25) is 0 Å². The number of carbonyl (C=O) groups excluding carboxylic acids is 1. The first-order valence-electron chi connectivity index (χ1n) is 3.99. The highest BCUT2D eigenvalue weighted by atomic mass is 79.9. The first-order chi connectivity index (χ1) is 6.08. The molecule has 0 aliphatic rings. The van der Waals surface area contributed by atoms with E-state index in [1.54, 1.807) is 6.20 Å². The Hall–Kier alpha value is -0.420. The molecule has 0 atom stereocenters. The molecule has 1 amide bonds. The standard InChI is InChI=1S/C8H11BrN2OS/c1-5(2)3-7(12)11-8-10-4-6(9)13-8/h4-5H,3H2,1-2H3,(H,10,11,12). The van der Waals surface area contributed by atoms with E-state index in [4.69, 9.17) is 0 Å². The van der Waals surface area contributed by atoms with E-state index in [0.717, 1.165) is 3.79 Å². The number of rotatable bonds is 3. The maximum atomic E-state index is 11.3. The number of hydrogen-bond acceptors (Lipinski definition) is 3. The van der Waals surface area contributed by atoms with E-state index in [-0.39, 0.29) is 5.91 Å². The molecular weight excluding hydrogens is 252 g/mol. The number of nitrogens with zero attached hydrogens (tertiary/aromatic N) is 1. The Morgan fingerprint density at radius 3 is 2.92 bits per heavy atom. The fraction of sp³-hybridized carbons (Fsp3) is 0.500. The van der Waals surface area contributed by atoms with Gasteiger partial charge in [0.2, 0.25) is 5.91 Å². The van der Waals surface area contributed by atoms with Crippen molar-refractivity contribution in [3.8, 4) is 0 Å². The van der Waals surface area contributed by atoms with Gasteiger partial charge in [-0.05, 0) is 21.8 Å².